The van der Waals surface area contributed by atoms with Crippen LogP contribution in [0, 0.1) is 0 Å². The summed E-state index contributed by atoms with van der Waals surface area (Å²) in [5, 5.41) is 3.19. The molecule has 1 unspecified atom stereocenters. The molecule has 1 N–H and O–H groups in total. The van der Waals surface area contributed by atoms with Crippen molar-refractivity contribution in [2.24, 2.45) is 0 Å². The molecule has 0 amide bonds. The second-order valence-corrected chi connectivity index (χ2v) is 5.52. The SMILES string of the molecule is C=CCCC(NCCC)c1ccc(Br)cc1C(F)(F)F. The Bertz CT molecular complexity index is 443. The molecule has 1 nitrogen and oxygen atoms in total. The van der Waals surface area contributed by atoms with Crippen LogP contribution in [-0.2, 0) is 6.18 Å². The second-order valence-electron chi connectivity index (χ2n) is 4.60. The third kappa shape index (κ3) is 4.94. The molecule has 0 spiro atoms. The molecule has 0 saturated heterocycles. The van der Waals surface area contributed by atoms with E-state index in [1.165, 1.54) is 0 Å². The first-order valence-electron chi connectivity index (χ1n) is 6.61. The first-order valence-corrected chi connectivity index (χ1v) is 7.40. The zero-order chi connectivity index (χ0) is 15.2. The summed E-state index contributed by atoms with van der Waals surface area (Å²) in [5.74, 6) is 0. The van der Waals surface area contributed by atoms with Gasteiger partial charge in [-0.2, -0.15) is 13.2 Å². The van der Waals surface area contributed by atoms with Crippen molar-refractivity contribution in [2.45, 2.75) is 38.4 Å². The number of nitrogens with one attached hydrogen (secondary N) is 1. The molecule has 0 saturated carbocycles. The van der Waals surface area contributed by atoms with Crippen molar-refractivity contribution in [3.63, 3.8) is 0 Å². The molecule has 1 rings (SSSR count). The third-order valence-electron chi connectivity index (χ3n) is 3.00. The number of hydrogen-bond acceptors (Lipinski definition) is 1. The summed E-state index contributed by atoms with van der Waals surface area (Å²) in [4.78, 5) is 0. The Kier molecular flexibility index (Phi) is 6.76. The topological polar surface area (TPSA) is 12.0 Å². The molecular formula is C15H19BrF3N. The van der Waals surface area contributed by atoms with Crippen LogP contribution in [0.25, 0.3) is 0 Å². The van der Waals surface area contributed by atoms with E-state index in [2.05, 4.69) is 27.8 Å². The number of hydrogen-bond donors (Lipinski definition) is 1. The maximum Gasteiger partial charge on any atom is 0.416 e. The maximum absolute atomic E-state index is 13.2. The molecule has 0 aliphatic rings. The Balaban J connectivity index is 3.13. The molecule has 0 aliphatic heterocycles. The molecule has 20 heavy (non-hydrogen) atoms. The van der Waals surface area contributed by atoms with E-state index < -0.39 is 11.7 Å². The lowest BCUT2D eigenvalue weighted by atomic mass is 9.96. The van der Waals surface area contributed by atoms with E-state index in [1.807, 2.05) is 6.92 Å². The number of halogens is 4. The van der Waals surface area contributed by atoms with Crippen molar-refractivity contribution in [2.75, 3.05) is 6.54 Å². The van der Waals surface area contributed by atoms with Gasteiger partial charge in [0, 0.05) is 10.5 Å². The summed E-state index contributed by atoms with van der Waals surface area (Å²) in [7, 11) is 0. The summed E-state index contributed by atoms with van der Waals surface area (Å²) in [6.45, 7) is 6.31. The van der Waals surface area contributed by atoms with Crippen LogP contribution < -0.4 is 5.32 Å². The number of allylic oxidation sites excluding steroid dienone is 1. The van der Waals surface area contributed by atoms with Crippen LogP contribution in [0.15, 0.2) is 35.3 Å². The van der Waals surface area contributed by atoms with Gasteiger partial charge in [0.2, 0.25) is 0 Å². The standard InChI is InChI=1S/C15H19BrF3N/c1-3-5-6-14(20-9-4-2)12-8-7-11(16)10-13(12)15(17,18)19/h3,7-8,10,14,20H,1,4-6,9H2,2H3. The van der Waals surface area contributed by atoms with E-state index in [4.69, 9.17) is 0 Å². The van der Waals surface area contributed by atoms with E-state index in [0.717, 1.165) is 12.5 Å². The number of alkyl halides is 3. The zero-order valence-electron chi connectivity index (χ0n) is 11.4. The van der Waals surface area contributed by atoms with Gasteiger partial charge >= 0.3 is 6.18 Å². The van der Waals surface area contributed by atoms with E-state index in [0.29, 0.717) is 29.4 Å². The number of benzene rings is 1. The van der Waals surface area contributed by atoms with Gasteiger partial charge in [0.15, 0.2) is 0 Å². The van der Waals surface area contributed by atoms with E-state index >= 15 is 0 Å². The average molecular weight is 350 g/mol. The summed E-state index contributed by atoms with van der Waals surface area (Å²) in [6, 6.07) is 4.03. The fraction of sp³-hybridized carbons (Fsp3) is 0.467. The van der Waals surface area contributed by atoms with Crippen LogP contribution in [0.4, 0.5) is 13.2 Å². The second kappa shape index (κ2) is 7.84. The van der Waals surface area contributed by atoms with Crippen LogP contribution in [0.2, 0.25) is 0 Å². The molecule has 0 bridgehead atoms. The monoisotopic (exact) mass is 349 g/mol. The Morgan fingerprint density at radius 3 is 2.65 bits per heavy atom. The third-order valence-corrected chi connectivity index (χ3v) is 3.49. The van der Waals surface area contributed by atoms with Crippen LogP contribution >= 0.6 is 15.9 Å². The van der Waals surface area contributed by atoms with Gasteiger partial charge in [0.25, 0.3) is 0 Å². The highest BCUT2D eigenvalue weighted by Crippen LogP contribution is 2.37. The van der Waals surface area contributed by atoms with Gasteiger partial charge in [-0.25, -0.2) is 0 Å². The molecule has 1 aromatic carbocycles. The van der Waals surface area contributed by atoms with E-state index in [1.54, 1.807) is 18.2 Å². The largest absolute Gasteiger partial charge is 0.416 e. The predicted molar refractivity (Wildman–Crippen MR) is 79.6 cm³/mol. The zero-order valence-corrected chi connectivity index (χ0v) is 13.0. The molecule has 0 heterocycles. The molecular weight excluding hydrogens is 331 g/mol. The Labute approximate surface area is 126 Å². The van der Waals surface area contributed by atoms with Gasteiger partial charge in [-0.3, -0.25) is 0 Å². The quantitative estimate of drug-likeness (QED) is 0.643. The fourth-order valence-corrected chi connectivity index (χ4v) is 2.41. The lowest BCUT2D eigenvalue weighted by Crippen LogP contribution is -2.25. The van der Waals surface area contributed by atoms with Crippen molar-refractivity contribution in [3.05, 3.63) is 46.5 Å². The van der Waals surface area contributed by atoms with Crippen molar-refractivity contribution in [1.82, 2.24) is 5.32 Å². The van der Waals surface area contributed by atoms with Crippen LogP contribution in [-0.4, -0.2) is 6.54 Å². The van der Waals surface area contributed by atoms with Crippen LogP contribution in [0.1, 0.15) is 43.4 Å². The molecule has 0 fully saturated rings. The summed E-state index contributed by atoms with van der Waals surface area (Å²) in [5.41, 5.74) is -0.277. The molecule has 112 valence electrons. The Hall–Kier alpha value is -0.810. The van der Waals surface area contributed by atoms with Crippen molar-refractivity contribution in [3.8, 4) is 0 Å². The minimum Gasteiger partial charge on any atom is -0.310 e. The van der Waals surface area contributed by atoms with Crippen molar-refractivity contribution in [1.29, 1.82) is 0 Å². The minimum absolute atomic E-state index is 0.302. The average Bonchev–Trinajstić information content (AvgIpc) is 2.38. The summed E-state index contributed by atoms with van der Waals surface area (Å²) in [6.07, 6.45) is -0.461. The molecule has 0 radical (unpaired) electrons. The summed E-state index contributed by atoms with van der Waals surface area (Å²) >= 11 is 3.11. The van der Waals surface area contributed by atoms with Gasteiger partial charge in [0.1, 0.15) is 0 Å². The van der Waals surface area contributed by atoms with Gasteiger partial charge in [0.05, 0.1) is 5.56 Å². The first kappa shape index (κ1) is 17.2. The lowest BCUT2D eigenvalue weighted by molar-refractivity contribution is -0.138. The van der Waals surface area contributed by atoms with E-state index in [-0.39, 0.29) is 6.04 Å². The maximum atomic E-state index is 13.2. The first-order chi connectivity index (χ1) is 9.40. The van der Waals surface area contributed by atoms with Gasteiger partial charge < -0.3 is 5.32 Å². The molecule has 1 aromatic rings. The minimum atomic E-state index is -4.35. The molecule has 5 heteroatoms. The van der Waals surface area contributed by atoms with E-state index in [9.17, 15) is 13.2 Å². The summed E-state index contributed by atoms with van der Waals surface area (Å²) < 4.78 is 39.9. The molecule has 0 aliphatic carbocycles. The highest BCUT2D eigenvalue weighted by Gasteiger charge is 2.35. The highest BCUT2D eigenvalue weighted by atomic mass is 79.9. The van der Waals surface area contributed by atoms with Crippen molar-refractivity contribution < 1.29 is 13.2 Å². The van der Waals surface area contributed by atoms with Gasteiger partial charge in [-0.15, -0.1) is 6.58 Å². The smallest absolute Gasteiger partial charge is 0.310 e. The predicted octanol–water partition coefficient (Wildman–Crippen LogP) is 5.47. The number of rotatable bonds is 7. The van der Waals surface area contributed by atoms with Crippen LogP contribution in [0.3, 0.4) is 0 Å². The normalized spacial score (nSPS) is 13.2. The molecule has 1 atom stereocenters. The van der Waals surface area contributed by atoms with Gasteiger partial charge in [-0.05, 0) is 43.5 Å². The fourth-order valence-electron chi connectivity index (χ4n) is 2.05. The Morgan fingerprint density at radius 1 is 1.40 bits per heavy atom. The molecule has 0 aromatic heterocycles. The van der Waals surface area contributed by atoms with Crippen molar-refractivity contribution >= 4 is 15.9 Å². The van der Waals surface area contributed by atoms with Crippen LogP contribution in [0.5, 0.6) is 0 Å². The highest BCUT2D eigenvalue weighted by molar-refractivity contribution is 9.10. The van der Waals surface area contributed by atoms with Gasteiger partial charge in [-0.1, -0.05) is 35.0 Å². The lowest BCUT2D eigenvalue weighted by Gasteiger charge is -2.23. The Morgan fingerprint density at radius 2 is 2.10 bits per heavy atom.